The summed E-state index contributed by atoms with van der Waals surface area (Å²) in [7, 11) is 1.68. The van der Waals surface area contributed by atoms with Crippen molar-refractivity contribution in [2.75, 3.05) is 38.3 Å². The summed E-state index contributed by atoms with van der Waals surface area (Å²) in [6.45, 7) is 2.74. The van der Waals surface area contributed by atoms with Crippen LogP contribution in [-0.4, -0.2) is 38.5 Å². The van der Waals surface area contributed by atoms with E-state index >= 15 is 0 Å². The third-order valence-corrected chi connectivity index (χ3v) is 2.47. The number of aliphatic hydroxyl groups is 1. The van der Waals surface area contributed by atoms with Crippen LogP contribution in [0.1, 0.15) is 5.56 Å². The minimum absolute atomic E-state index is 0.141. The molecule has 0 amide bonds. The molecule has 90 valence electrons. The van der Waals surface area contributed by atoms with Crippen LogP contribution in [0.3, 0.4) is 0 Å². The van der Waals surface area contributed by atoms with E-state index in [1.165, 1.54) is 0 Å². The van der Waals surface area contributed by atoms with Gasteiger partial charge in [0.05, 0.1) is 13.2 Å². The van der Waals surface area contributed by atoms with Crippen LogP contribution < -0.4 is 10.6 Å². The fourth-order valence-electron chi connectivity index (χ4n) is 1.54. The minimum Gasteiger partial charge on any atom is -0.395 e. The first-order chi connectivity index (χ1) is 7.81. The normalized spacial score (nSPS) is 10.4. The molecule has 0 aromatic heterocycles. The smallest absolute Gasteiger partial charge is 0.0637 e. The molecule has 0 unspecified atom stereocenters. The molecule has 4 heteroatoms. The Morgan fingerprint density at radius 2 is 1.94 bits per heavy atom. The highest BCUT2D eigenvalue weighted by Gasteiger charge is 2.04. The Balaban J connectivity index is 2.67. The molecule has 0 fully saturated rings. The Bertz CT molecular complexity index is 288. The second-order valence-electron chi connectivity index (χ2n) is 3.57. The van der Waals surface area contributed by atoms with E-state index in [1.54, 1.807) is 7.11 Å². The number of nitrogens with two attached hydrogens (primary N) is 1. The van der Waals surface area contributed by atoms with Gasteiger partial charge in [-0.05, 0) is 17.7 Å². The maximum atomic E-state index is 9.00. The maximum absolute atomic E-state index is 9.00. The van der Waals surface area contributed by atoms with E-state index < -0.39 is 0 Å². The van der Waals surface area contributed by atoms with Gasteiger partial charge in [0.2, 0.25) is 0 Å². The van der Waals surface area contributed by atoms with E-state index in [0.29, 0.717) is 19.7 Å². The number of anilines is 1. The lowest BCUT2D eigenvalue weighted by Gasteiger charge is -2.23. The number of rotatable bonds is 7. The number of ether oxygens (including phenoxy) is 1. The summed E-state index contributed by atoms with van der Waals surface area (Å²) in [6, 6.07) is 8.06. The van der Waals surface area contributed by atoms with Gasteiger partial charge in [0, 0.05) is 32.4 Å². The molecule has 4 nitrogen and oxygen atoms in total. The number of hydrogen-bond donors (Lipinski definition) is 2. The van der Waals surface area contributed by atoms with E-state index in [1.807, 2.05) is 24.3 Å². The fraction of sp³-hybridized carbons (Fsp3) is 0.500. The summed E-state index contributed by atoms with van der Waals surface area (Å²) in [5.74, 6) is 0. The topological polar surface area (TPSA) is 58.7 Å². The average Bonchev–Trinajstić information content (AvgIpc) is 2.35. The zero-order valence-electron chi connectivity index (χ0n) is 9.72. The predicted molar refractivity (Wildman–Crippen MR) is 65.5 cm³/mol. The monoisotopic (exact) mass is 224 g/mol. The summed E-state index contributed by atoms with van der Waals surface area (Å²) in [5.41, 5.74) is 7.74. The lowest BCUT2D eigenvalue weighted by molar-refractivity contribution is 0.203. The van der Waals surface area contributed by atoms with Gasteiger partial charge in [-0.1, -0.05) is 12.1 Å². The van der Waals surface area contributed by atoms with Gasteiger partial charge in [0.15, 0.2) is 0 Å². The Morgan fingerprint density at radius 3 is 2.44 bits per heavy atom. The zero-order valence-corrected chi connectivity index (χ0v) is 9.72. The number of benzene rings is 1. The molecule has 0 aliphatic rings. The molecule has 0 radical (unpaired) electrons. The van der Waals surface area contributed by atoms with Crippen LogP contribution in [0.2, 0.25) is 0 Å². The SMILES string of the molecule is COCCN(CCO)c1ccc(CN)cc1. The highest BCUT2D eigenvalue weighted by Crippen LogP contribution is 2.14. The quantitative estimate of drug-likeness (QED) is 0.711. The van der Waals surface area contributed by atoms with Crippen LogP contribution in [-0.2, 0) is 11.3 Å². The Labute approximate surface area is 96.6 Å². The van der Waals surface area contributed by atoms with Gasteiger partial charge in [0.1, 0.15) is 0 Å². The van der Waals surface area contributed by atoms with E-state index in [0.717, 1.165) is 17.8 Å². The number of hydrogen-bond acceptors (Lipinski definition) is 4. The third kappa shape index (κ3) is 3.81. The minimum atomic E-state index is 0.141. The average molecular weight is 224 g/mol. The first-order valence-electron chi connectivity index (χ1n) is 5.45. The van der Waals surface area contributed by atoms with Crippen LogP contribution in [0.25, 0.3) is 0 Å². The van der Waals surface area contributed by atoms with E-state index in [2.05, 4.69) is 4.90 Å². The first-order valence-corrected chi connectivity index (χ1v) is 5.45. The Hall–Kier alpha value is -1.10. The molecule has 16 heavy (non-hydrogen) atoms. The molecule has 1 aromatic rings. The lowest BCUT2D eigenvalue weighted by Crippen LogP contribution is -2.30. The van der Waals surface area contributed by atoms with Crippen molar-refractivity contribution in [1.82, 2.24) is 0 Å². The van der Waals surface area contributed by atoms with E-state index in [4.69, 9.17) is 15.6 Å². The van der Waals surface area contributed by atoms with Gasteiger partial charge in [-0.3, -0.25) is 0 Å². The fourth-order valence-corrected chi connectivity index (χ4v) is 1.54. The molecule has 0 saturated carbocycles. The molecule has 0 aliphatic heterocycles. The van der Waals surface area contributed by atoms with Crippen molar-refractivity contribution in [2.24, 2.45) is 5.73 Å². The Morgan fingerprint density at radius 1 is 1.25 bits per heavy atom. The van der Waals surface area contributed by atoms with Crippen LogP contribution in [0.5, 0.6) is 0 Å². The Kier molecular flexibility index (Phi) is 5.85. The summed E-state index contributed by atoms with van der Waals surface area (Å²) < 4.78 is 5.04. The molecule has 0 spiro atoms. The molecule has 0 saturated heterocycles. The van der Waals surface area contributed by atoms with Crippen molar-refractivity contribution < 1.29 is 9.84 Å². The predicted octanol–water partition coefficient (Wildman–Crippen LogP) is 0.590. The highest BCUT2D eigenvalue weighted by atomic mass is 16.5. The number of methoxy groups -OCH3 is 1. The lowest BCUT2D eigenvalue weighted by atomic mass is 10.2. The van der Waals surface area contributed by atoms with Crippen LogP contribution in [0, 0.1) is 0 Å². The summed E-state index contributed by atoms with van der Waals surface area (Å²) >= 11 is 0. The van der Waals surface area contributed by atoms with Crippen LogP contribution >= 0.6 is 0 Å². The molecule has 0 atom stereocenters. The second-order valence-corrected chi connectivity index (χ2v) is 3.57. The first kappa shape index (κ1) is 13.0. The molecule has 0 heterocycles. The van der Waals surface area contributed by atoms with Gasteiger partial charge >= 0.3 is 0 Å². The van der Waals surface area contributed by atoms with Crippen molar-refractivity contribution in [2.45, 2.75) is 6.54 Å². The summed E-state index contributed by atoms with van der Waals surface area (Å²) in [4.78, 5) is 2.09. The van der Waals surface area contributed by atoms with Crippen molar-refractivity contribution in [3.05, 3.63) is 29.8 Å². The molecule has 3 N–H and O–H groups in total. The van der Waals surface area contributed by atoms with Crippen molar-refractivity contribution in [1.29, 1.82) is 0 Å². The second kappa shape index (κ2) is 7.22. The van der Waals surface area contributed by atoms with Gasteiger partial charge in [-0.2, -0.15) is 0 Å². The molecule has 0 aliphatic carbocycles. The van der Waals surface area contributed by atoms with Gasteiger partial charge < -0.3 is 20.5 Å². The van der Waals surface area contributed by atoms with Crippen molar-refractivity contribution in [3.8, 4) is 0 Å². The van der Waals surface area contributed by atoms with E-state index in [-0.39, 0.29) is 6.61 Å². The molecular formula is C12H20N2O2. The molecular weight excluding hydrogens is 204 g/mol. The maximum Gasteiger partial charge on any atom is 0.0637 e. The molecule has 0 bridgehead atoms. The number of nitrogens with zero attached hydrogens (tertiary/aromatic N) is 1. The van der Waals surface area contributed by atoms with Crippen LogP contribution in [0.4, 0.5) is 5.69 Å². The molecule has 1 aromatic carbocycles. The number of aliphatic hydroxyl groups excluding tert-OH is 1. The highest BCUT2D eigenvalue weighted by molar-refractivity contribution is 5.47. The van der Waals surface area contributed by atoms with Crippen LogP contribution in [0.15, 0.2) is 24.3 Å². The summed E-state index contributed by atoms with van der Waals surface area (Å²) in [5, 5.41) is 9.00. The zero-order chi connectivity index (χ0) is 11.8. The van der Waals surface area contributed by atoms with E-state index in [9.17, 15) is 0 Å². The summed E-state index contributed by atoms with van der Waals surface area (Å²) in [6.07, 6.45) is 0. The third-order valence-electron chi connectivity index (χ3n) is 2.47. The largest absolute Gasteiger partial charge is 0.395 e. The van der Waals surface area contributed by atoms with Crippen molar-refractivity contribution >= 4 is 5.69 Å². The van der Waals surface area contributed by atoms with Gasteiger partial charge in [0.25, 0.3) is 0 Å². The standard InChI is InChI=1S/C12H20N2O2/c1-16-9-7-14(6-8-15)12-4-2-11(10-13)3-5-12/h2-5,15H,6-10,13H2,1H3. The van der Waals surface area contributed by atoms with Crippen molar-refractivity contribution in [3.63, 3.8) is 0 Å². The van der Waals surface area contributed by atoms with Gasteiger partial charge in [-0.25, -0.2) is 0 Å². The van der Waals surface area contributed by atoms with Gasteiger partial charge in [-0.15, -0.1) is 0 Å². The molecule has 1 rings (SSSR count).